The summed E-state index contributed by atoms with van der Waals surface area (Å²) in [4.78, 5) is 11.6. The van der Waals surface area contributed by atoms with Crippen LogP contribution in [0.25, 0.3) is 0 Å². The minimum Gasteiger partial charge on any atom is -0.360 e. The fraction of sp³-hybridized carbons (Fsp3) is 0.231. The summed E-state index contributed by atoms with van der Waals surface area (Å²) in [5.74, 6) is -0.401. The fourth-order valence-corrected chi connectivity index (χ4v) is 1.41. The normalized spacial score (nSPS) is 10.9. The van der Waals surface area contributed by atoms with Crippen molar-refractivity contribution in [3.8, 4) is 6.07 Å². The van der Waals surface area contributed by atoms with Gasteiger partial charge in [-0.3, -0.25) is 4.79 Å². The molecule has 1 aromatic carbocycles. The Kier molecular flexibility index (Phi) is 5.22. The van der Waals surface area contributed by atoms with E-state index in [-0.39, 0.29) is 11.6 Å². The lowest BCUT2D eigenvalue weighted by Gasteiger charge is -2.07. The highest BCUT2D eigenvalue weighted by Crippen LogP contribution is 2.15. The van der Waals surface area contributed by atoms with Crippen LogP contribution in [0.2, 0.25) is 5.02 Å². The van der Waals surface area contributed by atoms with Gasteiger partial charge in [0.05, 0.1) is 0 Å². The van der Waals surface area contributed by atoms with Gasteiger partial charge in [0.15, 0.2) is 0 Å². The van der Waals surface area contributed by atoms with Gasteiger partial charge in [0.2, 0.25) is 0 Å². The zero-order valence-corrected chi connectivity index (χ0v) is 11.0. The molecule has 0 radical (unpaired) electrons. The lowest BCUT2D eigenvalue weighted by Crippen LogP contribution is -2.31. The number of carbonyl (C=O) groups is 1. The van der Waals surface area contributed by atoms with Crippen LogP contribution in [0.4, 0.5) is 5.69 Å². The van der Waals surface area contributed by atoms with Crippen LogP contribution in [-0.4, -0.2) is 11.9 Å². The third-order valence-corrected chi connectivity index (χ3v) is 2.23. The molecule has 0 aromatic heterocycles. The zero-order chi connectivity index (χ0) is 13.5. The number of carbonyl (C=O) groups excluding carboxylic acids is 1. The summed E-state index contributed by atoms with van der Waals surface area (Å²) in [6.07, 6.45) is 1.36. The highest BCUT2D eigenvalue weighted by molar-refractivity contribution is 6.30. The van der Waals surface area contributed by atoms with E-state index in [0.29, 0.717) is 10.7 Å². The van der Waals surface area contributed by atoms with Gasteiger partial charge in [0.25, 0.3) is 5.91 Å². The second-order valence-corrected chi connectivity index (χ2v) is 4.39. The Morgan fingerprint density at radius 1 is 1.50 bits per heavy atom. The Morgan fingerprint density at radius 2 is 2.22 bits per heavy atom. The molecule has 0 saturated heterocycles. The van der Waals surface area contributed by atoms with Gasteiger partial charge in [0.1, 0.15) is 11.6 Å². The lowest BCUT2D eigenvalue weighted by atomic mass is 10.2. The van der Waals surface area contributed by atoms with Crippen LogP contribution in [0.5, 0.6) is 0 Å². The van der Waals surface area contributed by atoms with Crippen molar-refractivity contribution < 1.29 is 4.79 Å². The van der Waals surface area contributed by atoms with Gasteiger partial charge in [-0.2, -0.15) is 5.26 Å². The smallest absolute Gasteiger partial charge is 0.263 e. The number of benzene rings is 1. The van der Waals surface area contributed by atoms with Crippen molar-refractivity contribution in [2.24, 2.45) is 0 Å². The third-order valence-electron chi connectivity index (χ3n) is 1.99. The van der Waals surface area contributed by atoms with E-state index in [0.717, 1.165) is 0 Å². The molecule has 5 heteroatoms. The van der Waals surface area contributed by atoms with Crippen LogP contribution in [0.3, 0.4) is 0 Å². The molecule has 0 aliphatic heterocycles. The first-order chi connectivity index (χ1) is 8.52. The van der Waals surface area contributed by atoms with Gasteiger partial charge in [0, 0.05) is 23.0 Å². The lowest BCUT2D eigenvalue weighted by molar-refractivity contribution is -0.117. The van der Waals surface area contributed by atoms with Crippen LogP contribution < -0.4 is 10.6 Å². The van der Waals surface area contributed by atoms with Crippen molar-refractivity contribution in [2.75, 3.05) is 5.32 Å². The molecule has 0 heterocycles. The van der Waals surface area contributed by atoms with Crippen molar-refractivity contribution >= 4 is 23.2 Å². The topological polar surface area (TPSA) is 64.9 Å². The number of nitrogens with zero attached hydrogens (tertiary/aromatic N) is 1. The molecule has 4 nitrogen and oxygen atoms in total. The fourth-order valence-electron chi connectivity index (χ4n) is 1.22. The van der Waals surface area contributed by atoms with E-state index in [2.05, 4.69) is 10.6 Å². The monoisotopic (exact) mass is 263 g/mol. The SMILES string of the molecule is CC(C)NC(=O)/C(C#N)=C\Nc1cccc(Cl)c1. The van der Waals surface area contributed by atoms with E-state index < -0.39 is 5.91 Å². The van der Waals surface area contributed by atoms with Crippen LogP contribution in [0.1, 0.15) is 13.8 Å². The summed E-state index contributed by atoms with van der Waals surface area (Å²) >= 11 is 5.82. The quantitative estimate of drug-likeness (QED) is 0.648. The highest BCUT2D eigenvalue weighted by atomic mass is 35.5. The predicted octanol–water partition coefficient (Wildman–Crippen LogP) is 2.68. The Bertz CT molecular complexity index is 503. The number of nitriles is 1. The van der Waals surface area contributed by atoms with Crippen molar-refractivity contribution in [3.63, 3.8) is 0 Å². The molecule has 1 rings (SSSR count). The summed E-state index contributed by atoms with van der Waals surface area (Å²) in [6, 6.07) is 8.84. The molecular weight excluding hydrogens is 250 g/mol. The predicted molar refractivity (Wildman–Crippen MR) is 72.0 cm³/mol. The van der Waals surface area contributed by atoms with E-state index in [4.69, 9.17) is 16.9 Å². The number of nitrogens with one attached hydrogen (secondary N) is 2. The summed E-state index contributed by atoms with van der Waals surface area (Å²) in [6.45, 7) is 3.66. The molecule has 0 spiro atoms. The molecule has 1 amide bonds. The number of anilines is 1. The molecule has 0 unspecified atom stereocenters. The van der Waals surface area contributed by atoms with Crippen LogP contribution in [0.15, 0.2) is 36.0 Å². The molecular formula is C13H14ClN3O. The average Bonchev–Trinajstić information content (AvgIpc) is 2.29. The summed E-state index contributed by atoms with van der Waals surface area (Å²) in [5.41, 5.74) is 0.733. The van der Waals surface area contributed by atoms with Gasteiger partial charge in [-0.25, -0.2) is 0 Å². The van der Waals surface area contributed by atoms with E-state index in [1.165, 1.54) is 6.20 Å². The minimum atomic E-state index is -0.401. The molecule has 0 bridgehead atoms. The van der Waals surface area contributed by atoms with Crippen molar-refractivity contribution in [1.82, 2.24) is 5.32 Å². The molecule has 0 aliphatic rings. The summed E-state index contributed by atoms with van der Waals surface area (Å²) in [7, 11) is 0. The number of hydrogen-bond acceptors (Lipinski definition) is 3. The maximum atomic E-state index is 11.6. The first kappa shape index (κ1) is 14.1. The Morgan fingerprint density at radius 3 is 2.78 bits per heavy atom. The molecule has 0 saturated carbocycles. The minimum absolute atomic E-state index is 0.0135. The number of rotatable bonds is 4. The second-order valence-electron chi connectivity index (χ2n) is 3.95. The molecule has 2 N–H and O–H groups in total. The summed E-state index contributed by atoms with van der Waals surface area (Å²) in [5, 5.41) is 15.0. The maximum Gasteiger partial charge on any atom is 0.263 e. The number of hydrogen-bond donors (Lipinski definition) is 2. The van der Waals surface area contributed by atoms with Gasteiger partial charge < -0.3 is 10.6 Å². The molecule has 94 valence electrons. The number of amides is 1. The van der Waals surface area contributed by atoms with Crippen LogP contribution in [-0.2, 0) is 4.79 Å². The molecule has 1 aromatic rings. The van der Waals surface area contributed by atoms with Crippen LogP contribution >= 0.6 is 11.6 Å². The number of halogens is 1. The summed E-state index contributed by atoms with van der Waals surface area (Å²) < 4.78 is 0. The first-order valence-corrected chi connectivity index (χ1v) is 5.84. The van der Waals surface area contributed by atoms with Crippen molar-refractivity contribution in [2.45, 2.75) is 19.9 Å². The van der Waals surface area contributed by atoms with Crippen molar-refractivity contribution in [1.29, 1.82) is 5.26 Å². The van der Waals surface area contributed by atoms with Gasteiger partial charge in [-0.15, -0.1) is 0 Å². The van der Waals surface area contributed by atoms with E-state index in [1.54, 1.807) is 24.3 Å². The van der Waals surface area contributed by atoms with Gasteiger partial charge in [-0.05, 0) is 32.0 Å². The van der Waals surface area contributed by atoms with Crippen LogP contribution in [0, 0.1) is 11.3 Å². The van der Waals surface area contributed by atoms with Gasteiger partial charge >= 0.3 is 0 Å². The Labute approximate surface area is 111 Å². The van der Waals surface area contributed by atoms with E-state index >= 15 is 0 Å². The maximum absolute atomic E-state index is 11.6. The first-order valence-electron chi connectivity index (χ1n) is 5.46. The molecule has 0 fully saturated rings. The second kappa shape index (κ2) is 6.67. The standard InChI is InChI=1S/C13H14ClN3O/c1-9(2)17-13(18)10(7-15)8-16-12-5-3-4-11(14)6-12/h3-6,8-9,16H,1-2H3,(H,17,18)/b10-8-. The average molecular weight is 264 g/mol. The third kappa shape index (κ3) is 4.48. The van der Waals surface area contributed by atoms with E-state index in [1.807, 2.05) is 19.9 Å². The van der Waals surface area contributed by atoms with E-state index in [9.17, 15) is 4.79 Å². The molecule has 18 heavy (non-hydrogen) atoms. The largest absolute Gasteiger partial charge is 0.360 e. The Balaban J connectivity index is 2.75. The Hall–Kier alpha value is -1.99. The van der Waals surface area contributed by atoms with Gasteiger partial charge in [-0.1, -0.05) is 17.7 Å². The molecule has 0 aliphatic carbocycles. The molecule has 0 atom stereocenters. The highest BCUT2D eigenvalue weighted by Gasteiger charge is 2.09. The zero-order valence-electron chi connectivity index (χ0n) is 10.2. The van der Waals surface area contributed by atoms with Crippen molar-refractivity contribution in [3.05, 3.63) is 41.1 Å².